The molecule has 2 aromatic carbocycles. The van der Waals surface area contributed by atoms with Gasteiger partial charge in [-0.2, -0.15) is 0 Å². The standard InChI is InChI=1S/C15H16BrFN2/c1-9-3-5-12(10(2)7-9)15(19-18)11-4-6-13(16)14(17)8-11/h3-8,15,19H,18H2,1-2H3. The summed E-state index contributed by atoms with van der Waals surface area (Å²) in [6, 6.07) is 11.0. The quantitative estimate of drug-likeness (QED) is 0.667. The van der Waals surface area contributed by atoms with E-state index in [1.165, 1.54) is 11.6 Å². The normalized spacial score (nSPS) is 12.5. The van der Waals surface area contributed by atoms with Gasteiger partial charge in [0.15, 0.2) is 0 Å². The number of aryl methyl sites for hydroxylation is 2. The zero-order valence-electron chi connectivity index (χ0n) is 10.9. The van der Waals surface area contributed by atoms with E-state index in [1.54, 1.807) is 6.07 Å². The zero-order valence-corrected chi connectivity index (χ0v) is 12.5. The lowest BCUT2D eigenvalue weighted by Gasteiger charge is -2.19. The second-order valence-electron chi connectivity index (χ2n) is 4.63. The number of hydrazine groups is 1. The molecule has 0 aliphatic carbocycles. The first-order chi connectivity index (χ1) is 9.02. The van der Waals surface area contributed by atoms with Gasteiger partial charge >= 0.3 is 0 Å². The minimum absolute atomic E-state index is 0.219. The summed E-state index contributed by atoms with van der Waals surface area (Å²) in [5.41, 5.74) is 6.94. The van der Waals surface area contributed by atoms with E-state index in [0.29, 0.717) is 4.47 Å². The third kappa shape index (κ3) is 3.03. The number of halogens is 2. The van der Waals surface area contributed by atoms with Gasteiger partial charge in [0, 0.05) is 0 Å². The van der Waals surface area contributed by atoms with Crippen LogP contribution in [0, 0.1) is 19.7 Å². The highest BCUT2D eigenvalue weighted by Gasteiger charge is 2.16. The van der Waals surface area contributed by atoms with Crippen molar-refractivity contribution < 1.29 is 4.39 Å². The van der Waals surface area contributed by atoms with Crippen LogP contribution >= 0.6 is 15.9 Å². The topological polar surface area (TPSA) is 38.0 Å². The minimum atomic E-state index is -0.289. The predicted octanol–water partition coefficient (Wildman–Crippen LogP) is 3.76. The van der Waals surface area contributed by atoms with Gasteiger partial charge in [-0.1, -0.05) is 29.8 Å². The largest absolute Gasteiger partial charge is 0.271 e. The molecule has 4 heteroatoms. The molecule has 0 heterocycles. The summed E-state index contributed by atoms with van der Waals surface area (Å²) in [7, 11) is 0. The van der Waals surface area contributed by atoms with Crippen molar-refractivity contribution in [1.82, 2.24) is 5.43 Å². The Hall–Kier alpha value is -1.23. The summed E-state index contributed by atoms with van der Waals surface area (Å²) >= 11 is 3.15. The molecule has 1 unspecified atom stereocenters. The molecule has 0 aromatic heterocycles. The fourth-order valence-electron chi connectivity index (χ4n) is 2.21. The maximum atomic E-state index is 13.6. The SMILES string of the molecule is Cc1ccc(C(NN)c2ccc(Br)c(F)c2)c(C)c1. The van der Waals surface area contributed by atoms with Gasteiger partial charge in [-0.25, -0.2) is 9.82 Å². The Morgan fingerprint density at radius 1 is 1.16 bits per heavy atom. The molecule has 0 spiro atoms. The van der Waals surface area contributed by atoms with Gasteiger partial charge < -0.3 is 0 Å². The van der Waals surface area contributed by atoms with E-state index in [-0.39, 0.29) is 11.9 Å². The predicted molar refractivity (Wildman–Crippen MR) is 79.2 cm³/mol. The van der Waals surface area contributed by atoms with E-state index >= 15 is 0 Å². The smallest absolute Gasteiger partial charge is 0.137 e. The molecule has 0 aliphatic heterocycles. The molecule has 2 nitrogen and oxygen atoms in total. The highest BCUT2D eigenvalue weighted by Crippen LogP contribution is 2.27. The highest BCUT2D eigenvalue weighted by molar-refractivity contribution is 9.10. The summed E-state index contributed by atoms with van der Waals surface area (Å²) in [5.74, 6) is 5.36. The summed E-state index contributed by atoms with van der Waals surface area (Å²) < 4.78 is 14.1. The Morgan fingerprint density at radius 3 is 2.47 bits per heavy atom. The molecule has 0 saturated carbocycles. The second-order valence-corrected chi connectivity index (χ2v) is 5.49. The molecule has 0 saturated heterocycles. The highest BCUT2D eigenvalue weighted by atomic mass is 79.9. The first-order valence-corrected chi connectivity index (χ1v) is 6.80. The molecule has 1 atom stereocenters. The number of benzene rings is 2. The van der Waals surface area contributed by atoms with Crippen molar-refractivity contribution >= 4 is 15.9 Å². The van der Waals surface area contributed by atoms with Crippen molar-refractivity contribution in [2.45, 2.75) is 19.9 Å². The Balaban J connectivity index is 2.46. The van der Waals surface area contributed by atoms with Gasteiger partial charge in [0.05, 0.1) is 10.5 Å². The molecular formula is C15H16BrFN2. The Morgan fingerprint density at radius 2 is 1.89 bits per heavy atom. The third-order valence-electron chi connectivity index (χ3n) is 3.18. The van der Waals surface area contributed by atoms with Crippen molar-refractivity contribution in [2.75, 3.05) is 0 Å². The van der Waals surface area contributed by atoms with Crippen LogP contribution in [0.25, 0.3) is 0 Å². The average Bonchev–Trinajstić information content (AvgIpc) is 2.37. The number of rotatable bonds is 3. The molecule has 100 valence electrons. The van der Waals surface area contributed by atoms with Crippen LogP contribution in [0.2, 0.25) is 0 Å². The van der Waals surface area contributed by atoms with Crippen LogP contribution in [0.15, 0.2) is 40.9 Å². The molecule has 0 radical (unpaired) electrons. The minimum Gasteiger partial charge on any atom is -0.271 e. The molecule has 0 amide bonds. The maximum Gasteiger partial charge on any atom is 0.137 e. The van der Waals surface area contributed by atoms with Gasteiger partial charge in [0.2, 0.25) is 0 Å². The molecule has 0 aliphatic rings. The fourth-order valence-corrected chi connectivity index (χ4v) is 2.45. The fraction of sp³-hybridized carbons (Fsp3) is 0.200. The third-order valence-corrected chi connectivity index (χ3v) is 3.82. The molecule has 3 N–H and O–H groups in total. The van der Waals surface area contributed by atoms with Crippen molar-refractivity contribution in [2.24, 2.45) is 5.84 Å². The van der Waals surface area contributed by atoms with Crippen LogP contribution in [0.4, 0.5) is 4.39 Å². The van der Waals surface area contributed by atoms with Crippen molar-refractivity contribution in [1.29, 1.82) is 0 Å². The molecule has 0 fully saturated rings. The molecular weight excluding hydrogens is 307 g/mol. The van der Waals surface area contributed by atoms with E-state index in [1.807, 2.05) is 32.0 Å². The zero-order chi connectivity index (χ0) is 14.0. The summed E-state index contributed by atoms with van der Waals surface area (Å²) in [5, 5.41) is 0. The van der Waals surface area contributed by atoms with E-state index in [9.17, 15) is 4.39 Å². The van der Waals surface area contributed by atoms with Crippen LogP contribution in [0.1, 0.15) is 28.3 Å². The van der Waals surface area contributed by atoms with Crippen molar-refractivity contribution in [3.8, 4) is 0 Å². The molecule has 0 bridgehead atoms. The van der Waals surface area contributed by atoms with Crippen LogP contribution in [0.3, 0.4) is 0 Å². The first kappa shape index (κ1) is 14.2. The van der Waals surface area contributed by atoms with Crippen molar-refractivity contribution in [3.05, 3.63) is 68.9 Å². The van der Waals surface area contributed by atoms with Gasteiger partial charge in [0.25, 0.3) is 0 Å². The first-order valence-electron chi connectivity index (χ1n) is 6.01. The van der Waals surface area contributed by atoms with Crippen LogP contribution in [-0.2, 0) is 0 Å². The van der Waals surface area contributed by atoms with Gasteiger partial charge in [-0.05, 0) is 58.6 Å². The van der Waals surface area contributed by atoms with Gasteiger partial charge in [-0.15, -0.1) is 0 Å². The van der Waals surface area contributed by atoms with Crippen molar-refractivity contribution in [3.63, 3.8) is 0 Å². The monoisotopic (exact) mass is 322 g/mol. The van der Waals surface area contributed by atoms with E-state index in [0.717, 1.165) is 16.7 Å². The lowest BCUT2D eigenvalue weighted by molar-refractivity contribution is 0.599. The summed E-state index contributed by atoms with van der Waals surface area (Å²) in [6.07, 6.45) is 0. The number of nitrogens with one attached hydrogen (secondary N) is 1. The average molecular weight is 323 g/mol. The lowest BCUT2D eigenvalue weighted by Crippen LogP contribution is -2.29. The summed E-state index contributed by atoms with van der Waals surface area (Å²) in [4.78, 5) is 0. The number of nitrogens with two attached hydrogens (primary N) is 1. The Labute approximate surface area is 120 Å². The second kappa shape index (κ2) is 5.82. The van der Waals surface area contributed by atoms with Crippen LogP contribution in [-0.4, -0.2) is 0 Å². The van der Waals surface area contributed by atoms with Crippen LogP contribution in [0.5, 0.6) is 0 Å². The molecule has 19 heavy (non-hydrogen) atoms. The van der Waals surface area contributed by atoms with Crippen LogP contribution < -0.4 is 11.3 Å². The molecule has 2 aromatic rings. The van der Waals surface area contributed by atoms with E-state index in [4.69, 9.17) is 5.84 Å². The van der Waals surface area contributed by atoms with Gasteiger partial charge in [-0.3, -0.25) is 5.84 Å². The van der Waals surface area contributed by atoms with Gasteiger partial charge in [0.1, 0.15) is 5.82 Å². The molecule has 2 rings (SSSR count). The number of hydrogen-bond donors (Lipinski definition) is 2. The van der Waals surface area contributed by atoms with E-state index < -0.39 is 0 Å². The summed E-state index contributed by atoms with van der Waals surface area (Å²) in [6.45, 7) is 4.07. The number of hydrogen-bond acceptors (Lipinski definition) is 2. The maximum absolute atomic E-state index is 13.6. The Kier molecular flexibility index (Phi) is 4.34. The Bertz CT molecular complexity index is 599. The van der Waals surface area contributed by atoms with E-state index in [2.05, 4.69) is 27.4 Å². The lowest BCUT2D eigenvalue weighted by atomic mass is 9.94.